The molecule has 5 N–H and O–H groups in total. The van der Waals surface area contributed by atoms with Crippen molar-refractivity contribution in [3.8, 4) is 5.19 Å². The second kappa shape index (κ2) is 9.34. The van der Waals surface area contributed by atoms with Gasteiger partial charge < -0.3 is 15.8 Å². The van der Waals surface area contributed by atoms with Gasteiger partial charge in [0, 0.05) is 23.5 Å². The van der Waals surface area contributed by atoms with E-state index in [4.69, 9.17) is 15.6 Å². The van der Waals surface area contributed by atoms with E-state index in [2.05, 4.69) is 20.3 Å². The van der Waals surface area contributed by atoms with Crippen LogP contribution in [0.5, 0.6) is 5.19 Å². The molecule has 5 rings (SSSR count). The molecule has 2 aliphatic rings. The molecule has 13 heteroatoms. The minimum absolute atomic E-state index is 0. The van der Waals surface area contributed by atoms with E-state index in [0.29, 0.717) is 5.19 Å². The quantitative estimate of drug-likeness (QED) is 0.423. The summed E-state index contributed by atoms with van der Waals surface area (Å²) in [6, 6.07) is 3.35. The summed E-state index contributed by atoms with van der Waals surface area (Å²) in [4.78, 5) is 13.7. The summed E-state index contributed by atoms with van der Waals surface area (Å²) in [6.45, 7) is 0. The lowest BCUT2D eigenvalue weighted by Gasteiger charge is -2.36. The van der Waals surface area contributed by atoms with Gasteiger partial charge in [0.2, 0.25) is 16.0 Å². The van der Waals surface area contributed by atoms with Gasteiger partial charge in [-0.1, -0.05) is 11.3 Å². The number of hydrogen-bond donors (Lipinski definition) is 3. The van der Waals surface area contributed by atoms with Crippen LogP contribution in [0.15, 0.2) is 41.7 Å². The van der Waals surface area contributed by atoms with Crippen LogP contribution >= 0.6 is 23.7 Å². The van der Waals surface area contributed by atoms with Gasteiger partial charge >= 0.3 is 0 Å². The van der Waals surface area contributed by atoms with Crippen LogP contribution in [-0.4, -0.2) is 29.5 Å². The van der Waals surface area contributed by atoms with E-state index < -0.39 is 15.8 Å². The average Bonchev–Trinajstić information content (AvgIpc) is 3.19. The standard InChI is InChI=1S/C21H23FN6O3S2.ClH/c22-16-8-15(33(24,29)30)2-3-17(16)28-19-25-9-13(10-26-19)12-6-14(7-12)31-20-27-11-18(32-20)21(23)4-1-5-21;/h2-3,8-12,14H,1,4-7,23H2,(H2,24,29,30)(H,25,26,28);1H. The fourth-order valence-electron chi connectivity index (χ4n) is 3.93. The number of thiazole rings is 1. The zero-order chi connectivity index (χ0) is 23.2. The molecule has 0 aliphatic heterocycles. The van der Waals surface area contributed by atoms with E-state index in [1.54, 1.807) is 12.4 Å². The van der Waals surface area contributed by atoms with Crippen LogP contribution in [0.4, 0.5) is 16.0 Å². The molecule has 34 heavy (non-hydrogen) atoms. The zero-order valence-corrected chi connectivity index (χ0v) is 20.4. The first-order chi connectivity index (χ1) is 15.7. The van der Waals surface area contributed by atoms with Crippen molar-refractivity contribution in [1.29, 1.82) is 0 Å². The Morgan fingerprint density at radius 1 is 1.15 bits per heavy atom. The monoisotopic (exact) mass is 526 g/mol. The van der Waals surface area contributed by atoms with Gasteiger partial charge in [-0.25, -0.2) is 32.9 Å². The number of nitrogens with one attached hydrogen (secondary N) is 1. The third-order valence-electron chi connectivity index (χ3n) is 6.24. The van der Waals surface area contributed by atoms with Gasteiger partial charge in [-0.05, 0) is 61.8 Å². The Morgan fingerprint density at radius 3 is 2.44 bits per heavy atom. The normalized spacial score (nSPS) is 21.0. The summed E-state index contributed by atoms with van der Waals surface area (Å²) in [5.41, 5.74) is 7.16. The van der Waals surface area contributed by atoms with Crippen molar-refractivity contribution in [3.05, 3.63) is 53.0 Å². The molecule has 0 unspecified atom stereocenters. The van der Waals surface area contributed by atoms with E-state index in [0.717, 1.165) is 48.6 Å². The van der Waals surface area contributed by atoms with Crippen LogP contribution in [0.2, 0.25) is 0 Å². The number of nitrogens with two attached hydrogens (primary N) is 2. The predicted molar refractivity (Wildman–Crippen MR) is 129 cm³/mol. The maximum Gasteiger partial charge on any atom is 0.273 e. The fraction of sp³-hybridized carbons (Fsp3) is 0.381. The lowest BCUT2D eigenvalue weighted by Crippen LogP contribution is -2.42. The molecule has 9 nitrogen and oxygen atoms in total. The summed E-state index contributed by atoms with van der Waals surface area (Å²) in [7, 11) is -3.97. The number of ether oxygens (including phenoxy) is 1. The molecule has 1 aromatic carbocycles. The highest BCUT2D eigenvalue weighted by Crippen LogP contribution is 2.44. The molecule has 0 amide bonds. The van der Waals surface area contributed by atoms with Gasteiger partial charge in [-0.3, -0.25) is 0 Å². The largest absolute Gasteiger partial charge is 0.467 e. The molecule has 0 atom stereocenters. The highest BCUT2D eigenvalue weighted by molar-refractivity contribution is 7.89. The highest BCUT2D eigenvalue weighted by atomic mass is 35.5. The smallest absolute Gasteiger partial charge is 0.273 e. The SMILES string of the molecule is Cl.NC1(c2cnc(OC3CC(c4cnc(Nc5ccc(S(N)(=O)=O)cc5F)nc4)C3)s2)CCC1. The molecule has 0 saturated heterocycles. The molecule has 2 aromatic heterocycles. The summed E-state index contributed by atoms with van der Waals surface area (Å²) >= 11 is 1.53. The van der Waals surface area contributed by atoms with Gasteiger partial charge in [0.15, 0.2) is 0 Å². The number of sulfonamides is 1. The number of anilines is 2. The molecular weight excluding hydrogens is 503 g/mol. The van der Waals surface area contributed by atoms with Gasteiger partial charge in [-0.15, -0.1) is 12.4 Å². The Kier molecular flexibility index (Phi) is 6.80. The molecule has 2 heterocycles. The lowest BCUT2D eigenvalue weighted by molar-refractivity contribution is 0.0979. The Balaban J connectivity index is 0.00000274. The van der Waals surface area contributed by atoms with Gasteiger partial charge in [-0.2, -0.15) is 0 Å². The van der Waals surface area contributed by atoms with E-state index in [1.807, 2.05) is 6.20 Å². The minimum atomic E-state index is -3.97. The maximum absolute atomic E-state index is 14.2. The van der Waals surface area contributed by atoms with Gasteiger partial charge in [0.25, 0.3) is 5.19 Å². The maximum atomic E-state index is 14.2. The van der Waals surface area contributed by atoms with Crippen LogP contribution in [0, 0.1) is 5.82 Å². The average molecular weight is 527 g/mol. The Labute approximate surface area is 206 Å². The van der Waals surface area contributed by atoms with Crippen LogP contribution < -0.4 is 20.9 Å². The van der Waals surface area contributed by atoms with Crippen molar-refractivity contribution < 1.29 is 17.5 Å². The molecule has 3 aromatic rings. The van der Waals surface area contributed by atoms with Crippen molar-refractivity contribution in [2.75, 3.05) is 5.32 Å². The number of aromatic nitrogens is 3. The van der Waals surface area contributed by atoms with Crippen molar-refractivity contribution in [2.45, 2.75) is 54.6 Å². The summed E-state index contributed by atoms with van der Waals surface area (Å²) in [6.07, 6.45) is 10.1. The molecule has 0 radical (unpaired) electrons. The number of benzene rings is 1. The molecule has 2 fully saturated rings. The van der Waals surface area contributed by atoms with Gasteiger partial charge in [0.05, 0.1) is 16.1 Å². The van der Waals surface area contributed by atoms with Crippen molar-refractivity contribution in [2.24, 2.45) is 10.9 Å². The molecule has 2 saturated carbocycles. The first-order valence-electron chi connectivity index (χ1n) is 10.5. The first kappa shape index (κ1) is 24.7. The predicted octanol–water partition coefficient (Wildman–Crippen LogP) is 3.55. The summed E-state index contributed by atoms with van der Waals surface area (Å²) in [5, 5.41) is 8.42. The summed E-state index contributed by atoms with van der Waals surface area (Å²) < 4.78 is 42.8. The van der Waals surface area contributed by atoms with Gasteiger partial charge in [0.1, 0.15) is 11.9 Å². The van der Waals surface area contributed by atoms with Crippen LogP contribution in [0.3, 0.4) is 0 Å². The number of hydrogen-bond acceptors (Lipinski definition) is 9. The van der Waals surface area contributed by atoms with E-state index in [1.165, 1.54) is 23.5 Å². The second-order valence-electron chi connectivity index (χ2n) is 8.56. The molecular formula is C21H24ClFN6O3S2. The third-order valence-corrected chi connectivity index (χ3v) is 8.26. The number of halogens is 2. The molecule has 2 aliphatic carbocycles. The van der Waals surface area contributed by atoms with E-state index in [-0.39, 0.29) is 46.5 Å². The van der Waals surface area contributed by atoms with Crippen LogP contribution in [0.1, 0.15) is 48.5 Å². The van der Waals surface area contributed by atoms with Crippen molar-refractivity contribution >= 4 is 45.4 Å². The number of primary sulfonamides is 1. The number of nitrogens with zero attached hydrogens (tertiary/aromatic N) is 3. The Bertz CT molecular complexity index is 1280. The minimum Gasteiger partial charge on any atom is -0.467 e. The van der Waals surface area contributed by atoms with E-state index in [9.17, 15) is 12.8 Å². The Morgan fingerprint density at radius 2 is 1.85 bits per heavy atom. The highest BCUT2D eigenvalue weighted by Gasteiger charge is 2.37. The van der Waals surface area contributed by atoms with Crippen molar-refractivity contribution in [1.82, 2.24) is 15.0 Å². The van der Waals surface area contributed by atoms with Crippen LogP contribution in [-0.2, 0) is 15.6 Å². The van der Waals surface area contributed by atoms with Crippen molar-refractivity contribution in [3.63, 3.8) is 0 Å². The molecule has 182 valence electrons. The first-order valence-corrected chi connectivity index (χ1v) is 12.9. The topological polar surface area (TPSA) is 146 Å². The zero-order valence-electron chi connectivity index (χ0n) is 18.0. The molecule has 0 bridgehead atoms. The Hall–Kier alpha value is -2.38. The summed E-state index contributed by atoms with van der Waals surface area (Å²) in [5.74, 6) is -0.284. The second-order valence-corrected chi connectivity index (χ2v) is 11.1. The molecule has 0 spiro atoms. The van der Waals surface area contributed by atoms with Crippen LogP contribution in [0.25, 0.3) is 0 Å². The number of rotatable bonds is 7. The fourth-order valence-corrected chi connectivity index (χ4v) is 5.45. The third kappa shape index (κ3) is 5.01. The lowest BCUT2D eigenvalue weighted by atomic mass is 9.77. The van der Waals surface area contributed by atoms with E-state index >= 15 is 0 Å².